The molecule has 2 unspecified atom stereocenters. The number of amides is 1. The fraction of sp³-hybridized carbons (Fsp3) is 0.188. The van der Waals surface area contributed by atoms with Crippen LogP contribution in [0.2, 0.25) is 0 Å². The lowest BCUT2D eigenvalue weighted by Gasteiger charge is -2.29. The highest BCUT2D eigenvalue weighted by atomic mass is 32.1. The van der Waals surface area contributed by atoms with Crippen molar-refractivity contribution in [2.45, 2.75) is 19.1 Å². The average Bonchev–Trinajstić information content (AvgIpc) is 2.48. The van der Waals surface area contributed by atoms with Crippen molar-refractivity contribution in [1.82, 2.24) is 4.31 Å². The zero-order valence-corrected chi connectivity index (χ0v) is 12.1. The van der Waals surface area contributed by atoms with E-state index in [0.29, 0.717) is 5.56 Å². The van der Waals surface area contributed by atoms with Gasteiger partial charge < -0.3 is 5.11 Å². The van der Waals surface area contributed by atoms with Gasteiger partial charge >= 0.3 is 0 Å². The van der Waals surface area contributed by atoms with Gasteiger partial charge in [0.1, 0.15) is 0 Å². The summed E-state index contributed by atoms with van der Waals surface area (Å²) < 4.78 is 1.29. The Balaban J connectivity index is 2.29. The van der Waals surface area contributed by atoms with Gasteiger partial charge in [-0.3, -0.25) is 9.10 Å². The van der Waals surface area contributed by atoms with Gasteiger partial charge in [-0.1, -0.05) is 61.3 Å². The molecule has 2 atom stereocenters. The summed E-state index contributed by atoms with van der Waals surface area (Å²) in [5.41, 5.74) is 1.39. The zero-order chi connectivity index (χ0) is 14.5. The third-order valence-corrected chi connectivity index (χ3v) is 3.52. The van der Waals surface area contributed by atoms with E-state index in [1.807, 2.05) is 36.4 Å². The molecule has 20 heavy (non-hydrogen) atoms. The molecule has 3 nitrogen and oxygen atoms in total. The topological polar surface area (TPSA) is 40.5 Å². The average molecular weight is 287 g/mol. The molecule has 0 aromatic heterocycles. The lowest BCUT2D eigenvalue weighted by atomic mass is 10.0. The molecule has 0 radical (unpaired) electrons. The fourth-order valence-corrected chi connectivity index (χ4v) is 2.56. The SMILES string of the molecule is CC(O)C(c1ccccc1)N(S)C(=O)c1ccccc1. The van der Waals surface area contributed by atoms with E-state index in [9.17, 15) is 9.90 Å². The smallest absolute Gasteiger partial charge is 0.264 e. The van der Waals surface area contributed by atoms with Crippen LogP contribution in [0.3, 0.4) is 0 Å². The number of thiol groups is 1. The second kappa shape index (κ2) is 6.59. The van der Waals surface area contributed by atoms with Crippen molar-refractivity contribution in [2.75, 3.05) is 0 Å². The Hall–Kier alpha value is -1.78. The molecule has 104 valence electrons. The van der Waals surface area contributed by atoms with E-state index in [-0.39, 0.29) is 5.91 Å². The minimum Gasteiger partial charge on any atom is -0.391 e. The molecule has 0 bridgehead atoms. The lowest BCUT2D eigenvalue weighted by molar-refractivity contribution is 0.0677. The summed E-state index contributed by atoms with van der Waals surface area (Å²) in [7, 11) is 0. The van der Waals surface area contributed by atoms with Gasteiger partial charge in [0.25, 0.3) is 5.91 Å². The quantitative estimate of drug-likeness (QED) is 0.848. The normalized spacial score (nSPS) is 13.6. The maximum Gasteiger partial charge on any atom is 0.264 e. The van der Waals surface area contributed by atoms with Gasteiger partial charge in [0, 0.05) is 5.56 Å². The maximum absolute atomic E-state index is 12.4. The first-order valence-corrected chi connectivity index (χ1v) is 6.81. The Labute approximate surface area is 124 Å². The largest absolute Gasteiger partial charge is 0.391 e. The molecular weight excluding hydrogens is 270 g/mol. The van der Waals surface area contributed by atoms with E-state index in [4.69, 9.17) is 0 Å². The minimum absolute atomic E-state index is 0.233. The monoisotopic (exact) mass is 287 g/mol. The van der Waals surface area contributed by atoms with Gasteiger partial charge in [-0.05, 0) is 24.6 Å². The number of aliphatic hydroxyl groups is 1. The van der Waals surface area contributed by atoms with Crippen LogP contribution in [0.4, 0.5) is 0 Å². The summed E-state index contributed by atoms with van der Waals surface area (Å²) in [6.45, 7) is 1.65. The molecule has 0 saturated heterocycles. The van der Waals surface area contributed by atoms with Gasteiger partial charge in [-0.25, -0.2) is 0 Å². The van der Waals surface area contributed by atoms with Crippen molar-refractivity contribution < 1.29 is 9.90 Å². The van der Waals surface area contributed by atoms with Gasteiger partial charge in [-0.15, -0.1) is 0 Å². The van der Waals surface area contributed by atoms with Crippen molar-refractivity contribution in [3.8, 4) is 0 Å². The number of benzene rings is 2. The van der Waals surface area contributed by atoms with E-state index in [1.165, 1.54) is 4.31 Å². The summed E-state index contributed by atoms with van der Waals surface area (Å²) in [4.78, 5) is 12.4. The number of carbonyl (C=O) groups is 1. The molecule has 1 N–H and O–H groups in total. The first kappa shape index (κ1) is 14.6. The van der Waals surface area contributed by atoms with E-state index < -0.39 is 12.1 Å². The van der Waals surface area contributed by atoms with Crippen LogP contribution in [0.1, 0.15) is 28.9 Å². The fourth-order valence-electron chi connectivity index (χ4n) is 2.11. The first-order chi connectivity index (χ1) is 9.61. The van der Waals surface area contributed by atoms with Crippen LogP contribution in [0.5, 0.6) is 0 Å². The molecule has 0 heterocycles. The number of hydrogen-bond acceptors (Lipinski definition) is 3. The molecule has 0 aliphatic heterocycles. The van der Waals surface area contributed by atoms with E-state index in [2.05, 4.69) is 12.8 Å². The predicted molar refractivity (Wildman–Crippen MR) is 82.5 cm³/mol. The number of aliphatic hydroxyl groups excluding tert-OH is 1. The molecule has 4 heteroatoms. The van der Waals surface area contributed by atoms with Crippen LogP contribution >= 0.6 is 12.8 Å². The Morgan fingerprint density at radius 3 is 2.05 bits per heavy atom. The van der Waals surface area contributed by atoms with E-state index in [1.54, 1.807) is 31.2 Å². The molecule has 0 aliphatic carbocycles. The lowest BCUT2D eigenvalue weighted by Crippen LogP contribution is -2.33. The van der Waals surface area contributed by atoms with E-state index in [0.717, 1.165) is 5.56 Å². The van der Waals surface area contributed by atoms with Crippen LogP contribution < -0.4 is 0 Å². The van der Waals surface area contributed by atoms with Gasteiger partial charge in [-0.2, -0.15) is 0 Å². The van der Waals surface area contributed by atoms with Crippen molar-refractivity contribution >= 4 is 18.7 Å². The van der Waals surface area contributed by atoms with E-state index >= 15 is 0 Å². The molecule has 0 saturated carbocycles. The van der Waals surface area contributed by atoms with Crippen molar-refractivity contribution in [1.29, 1.82) is 0 Å². The number of rotatable bonds is 4. The summed E-state index contributed by atoms with van der Waals surface area (Å²) >= 11 is 4.31. The minimum atomic E-state index is -0.720. The molecule has 0 fully saturated rings. The van der Waals surface area contributed by atoms with Crippen molar-refractivity contribution in [3.63, 3.8) is 0 Å². The van der Waals surface area contributed by atoms with Gasteiger partial charge in [0.2, 0.25) is 0 Å². The third kappa shape index (κ3) is 3.21. The molecular formula is C16H17NO2S. The van der Waals surface area contributed by atoms with Crippen LogP contribution in [0.15, 0.2) is 60.7 Å². The van der Waals surface area contributed by atoms with Gasteiger partial charge in [0.15, 0.2) is 0 Å². The Bertz CT molecular complexity index is 557. The molecule has 0 spiro atoms. The summed E-state index contributed by atoms with van der Waals surface area (Å²) in [5.74, 6) is -0.233. The first-order valence-electron chi connectivity index (χ1n) is 6.41. The summed E-state index contributed by atoms with van der Waals surface area (Å²) in [6.07, 6.45) is -0.720. The van der Waals surface area contributed by atoms with Crippen LogP contribution in [0.25, 0.3) is 0 Å². The highest BCUT2D eigenvalue weighted by Crippen LogP contribution is 2.27. The van der Waals surface area contributed by atoms with Crippen molar-refractivity contribution in [3.05, 3.63) is 71.8 Å². The number of hydrogen-bond donors (Lipinski definition) is 2. The van der Waals surface area contributed by atoms with Crippen molar-refractivity contribution in [2.24, 2.45) is 0 Å². The van der Waals surface area contributed by atoms with Crippen LogP contribution in [-0.4, -0.2) is 21.4 Å². The third-order valence-electron chi connectivity index (χ3n) is 3.09. The Morgan fingerprint density at radius 1 is 1.05 bits per heavy atom. The molecule has 1 amide bonds. The van der Waals surface area contributed by atoms with Crippen LogP contribution in [-0.2, 0) is 0 Å². The maximum atomic E-state index is 12.4. The second-order valence-electron chi connectivity index (χ2n) is 4.61. The second-order valence-corrected chi connectivity index (χ2v) is 5.04. The summed E-state index contributed by atoms with van der Waals surface area (Å²) in [5, 5.41) is 9.99. The van der Waals surface area contributed by atoms with Crippen LogP contribution in [0, 0.1) is 0 Å². The molecule has 0 aliphatic rings. The molecule has 2 aromatic rings. The summed E-state index contributed by atoms with van der Waals surface area (Å²) in [6, 6.07) is 17.8. The number of carbonyl (C=O) groups excluding carboxylic acids is 1. The highest BCUT2D eigenvalue weighted by Gasteiger charge is 2.27. The zero-order valence-electron chi connectivity index (χ0n) is 11.2. The standard InChI is InChI=1S/C16H17NO2S/c1-12(18)15(13-8-4-2-5-9-13)17(20)16(19)14-10-6-3-7-11-14/h2-12,15,18,20H,1H3. The molecule has 2 rings (SSSR count). The Morgan fingerprint density at radius 2 is 1.55 bits per heavy atom. The van der Waals surface area contributed by atoms with Gasteiger partial charge in [0.05, 0.1) is 12.1 Å². The Kier molecular flexibility index (Phi) is 4.82. The predicted octanol–water partition coefficient (Wildman–Crippen LogP) is 3.10. The number of nitrogens with zero attached hydrogens (tertiary/aromatic N) is 1. The molecule has 2 aromatic carbocycles. The highest BCUT2D eigenvalue weighted by molar-refractivity contribution is 7.78.